The molecule has 1 fully saturated rings. The number of hydrogen-bond donors (Lipinski definition) is 1. The van der Waals surface area contributed by atoms with E-state index in [1.165, 1.54) is 12.1 Å². The van der Waals surface area contributed by atoms with Gasteiger partial charge in [-0.1, -0.05) is 19.1 Å². The van der Waals surface area contributed by atoms with Gasteiger partial charge in [-0.15, -0.1) is 0 Å². The first-order valence-electron chi connectivity index (χ1n) is 6.29. The SMILES string of the molecule is CC1CCC(/C=C/Nc2cccc([N+](=O)[O-])c2)C1=O. The Morgan fingerprint density at radius 3 is 2.84 bits per heavy atom. The number of allylic oxidation sites excluding steroid dienone is 1. The van der Waals surface area contributed by atoms with Crippen molar-refractivity contribution in [2.24, 2.45) is 11.8 Å². The van der Waals surface area contributed by atoms with E-state index in [0.717, 1.165) is 12.8 Å². The van der Waals surface area contributed by atoms with Gasteiger partial charge in [0.15, 0.2) is 0 Å². The van der Waals surface area contributed by atoms with Gasteiger partial charge in [-0.25, -0.2) is 0 Å². The first-order chi connectivity index (χ1) is 9.08. The monoisotopic (exact) mass is 260 g/mol. The summed E-state index contributed by atoms with van der Waals surface area (Å²) in [5.41, 5.74) is 0.688. The van der Waals surface area contributed by atoms with Gasteiger partial charge in [0.05, 0.1) is 4.92 Å². The van der Waals surface area contributed by atoms with Crippen molar-refractivity contribution in [2.45, 2.75) is 19.8 Å². The number of rotatable bonds is 4. The largest absolute Gasteiger partial charge is 0.362 e. The lowest BCUT2D eigenvalue weighted by Crippen LogP contribution is -2.09. The molecule has 2 unspecified atom stereocenters. The van der Waals surface area contributed by atoms with Crippen molar-refractivity contribution < 1.29 is 9.72 Å². The number of non-ortho nitro benzene ring substituents is 1. The van der Waals surface area contributed by atoms with Gasteiger partial charge >= 0.3 is 0 Å². The van der Waals surface area contributed by atoms with Gasteiger partial charge in [-0.2, -0.15) is 0 Å². The number of benzene rings is 1. The highest BCUT2D eigenvalue weighted by Crippen LogP contribution is 2.27. The molecule has 0 amide bonds. The van der Waals surface area contributed by atoms with Crippen LogP contribution >= 0.6 is 0 Å². The van der Waals surface area contributed by atoms with Crippen LogP contribution in [0.2, 0.25) is 0 Å². The molecule has 0 spiro atoms. The van der Waals surface area contributed by atoms with E-state index < -0.39 is 4.92 Å². The number of carbonyl (C=O) groups excluding carboxylic acids is 1. The van der Waals surface area contributed by atoms with Gasteiger partial charge in [-0.05, 0) is 25.1 Å². The third-order valence-corrected chi connectivity index (χ3v) is 3.40. The lowest BCUT2D eigenvalue weighted by atomic mass is 10.0. The zero-order chi connectivity index (χ0) is 13.8. The Hall–Kier alpha value is -2.17. The van der Waals surface area contributed by atoms with Crippen LogP contribution in [0.15, 0.2) is 36.5 Å². The topological polar surface area (TPSA) is 72.2 Å². The first kappa shape index (κ1) is 13.3. The minimum atomic E-state index is -0.433. The van der Waals surface area contributed by atoms with Crippen molar-refractivity contribution in [2.75, 3.05) is 5.32 Å². The highest BCUT2D eigenvalue weighted by molar-refractivity contribution is 5.86. The number of Topliss-reactive ketones (excluding diaryl/α,β-unsaturated/α-hetero) is 1. The third kappa shape index (κ3) is 3.19. The lowest BCUT2D eigenvalue weighted by Gasteiger charge is -2.03. The number of nitrogens with zero attached hydrogens (tertiary/aromatic N) is 1. The average Bonchev–Trinajstić information content (AvgIpc) is 2.71. The smallest absolute Gasteiger partial charge is 0.271 e. The van der Waals surface area contributed by atoms with Crippen LogP contribution in [0.3, 0.4) is 0 Å². The Labute approximate surface area is 111 Å². The number of nitrogens with one attached hydrogen (secondary N) is 1. The molecule has 100 valence electrons. The summed E-state index contributed by atoms with van der Waals surface area (Å²) in [6.45, 7) is 1.95. The van der Waals surface area contributed by atoms with E-state index in [1.807, 2.05) is 13.0 Å². The Morgan fingerprint density at radius 2 is 2.21 bits per heavy atom. The van der Waals surface area contributed by atoms with Gasteiger partial charge in [0.2, 0.25) is 0 Å². The van der Waals surface area contributed by atoms with E-state index in [0.29, 0.717) is 5.69 Å². The zero-order valence-electron chi connectivity index (χ0n) is 10.7. The second-order valence-electron chi connectivity index (χ2n) is 4.80. The molecule has 1 N–H and O–H groups in total. The zero-order valence-corrected chi connectivity index (χ0v) is 10.7. The van der Waals surface area contributed by atoms with Crippen LogP contribution in [0, 0.1) is 22.0 Å². The maximum atomic E-state index is 11.7. The molecule has 2 rings (SSSR count). The van der Waals surface area contributed by atoms with Gasteiger partial charge in [0.1, 0.15) is 5.78 Å². The number of nitro benzene ring substituents is 1. The van der Waals surface area contributed by atoms with Gasteiger partial charge in [0, 0.05) is 29.7 Å². The summed E-state index contributed by atoms with van der Waals surface area (Å²) in [6, 6.07) is 6.27. The predicted molar refractivity (Wildman–Crippen MR) is 72.8 cm³/mol. The minimum absolute atomic E-state index is 0.0267. The molecule has 1 aliphatic carbocycles. The van der Waals surface area contributed by atoms with Crippen LogP contribution in [0.5, 0.6) is 0 Å². The van der Waals surface area contributed by atoms with Crippen molar-refractivity contribution in [3.05, 3.63) is 46.7 Å². The van der Waals surface area contributed by atoms with Crippen LogP contribution in [0.25, 0.3) is 0 Å². The summed E-state index contributed by atoms with van der Waals surface area (Å²) in [4.78, 5) is 21.9. The highest BCUT2D eigenvalue weighted by atomic mass is 16.6. The van der Waals surface area contributed by atoms with Crippen molar-refractivity contribution in [1.29, 1.82) is 0 Å². The van der Waals surface area contributed by atoms with Crippen molar-refractivity contribution >= 4 is 17.2 Å². The number of nitro groups is 1. The van der Waals surface area contributed by atoms with Gasteiger partial charge in [-0.3, -0.25) is 14.9 Å². The molecule has 0 aromatic heterocycles. The average molecular weight is 260 g/mol. The minimum Gasteiger partial charge on any atom is -0.362 e. The number of ketones is 1. The van der Waals surface area contributed by atoms with Crippen LogP contribution in [-0.4, -0.2) is 10.7 Å². The summed E-state index contributed by atoms with van der Waals surface area (Å²) in [5, 5.41) is 13.6. The Kier molecular flexibility index (Phi) is 3.94. The molecule has 2 atom stereocenters. The van der Waals surface area contributed by atoms with Crippen molar-refractivity contribution in [3.8, 4) is 0 Å². The summed E-state index contributed by atoms with van der Waals surface area (Å²) >= 11 is 0. The maximum Gasteiger partial charge on any atom is 0.271 e. The fourth-order valence-electron chi connectivity index (χ4n) is 2.24. The van der Waals surface area contributed by atoms with E-state index >= 15 is 0 Å². The fourth-order valence-corrected chi connectivity index (χ4v) is 2.24. The molecule has 5 heteroatoms. The molecule has 1 aromatic carbocycles. The maximum absolute atomic E-state index is 11.7. The van der Waals surface area contributed by atoms with Crippen LogP contribution in [0.1, 0.15) is 19.8 Å². The first-order valence-corrected chi connectivity index (χ1v) is 6.29. The second-order valence-corrected chi connectivity index (χ2v) is 4.80. The highest BCUT2D eigenvalue weighted by Gasteiger charge is 2.28. The normalized spacial score (nSPS) is 22.9. The van der Waals surface area contributed by atoms with Gasteiger partial charge < -0.3 is 5.32 Å². The standard InChI is InChI=1S/C14H16N2O3/c1-10-5-6-11(14(10)17)7-8-15-12-3-2-4-13(9-12)16(18)19/h2-4,7-11,15H,5-6H2,1H3/b8-7+. The molecule has 0 aliphatic heterocycles. The van der Waals surface area contributed by atoms with Crippen LogP contribution in [0.4, 0.5) is 11.4 Å². The molecular formula is C14H16N2O3. The Bertz CT molecular complexity index is 525. The number of anilines is 1. The summed E-state index contributed by atoms with van der Waals surface area (Å²) in [5.74, 6) is 0.394. The van der Waals surface area contributed by atoms with Crippen LogP contribution < -0.4 is 5.32 Å². The molecule has 0 heterocycles. The summed E-state index contributed by atoms with van der Waals surface area (Å²) in [6.07, 6.45) is 5.35. The molecule has 0 radical (unpaired) electrons. The molecule has 0 saturated heterocycles. The quantitative estimate of drug-likeness (QED) is 0.666. The fraction of sp³-hybridized carbons (Fsp3) is 0.357. The molecule has 0 bridgehead atoms. The van der Waals surface area contributed by atoms with E-state index in [9.17, 15) is 14.9 Å². The summed E-state index contributed by atoms with van der Waals surface area (Å²) in [7, 11) is 0. The van der Waals surface area contributed by atoms with E-state index in [1.54, 1.807) is 18.3 Å². The van der Waals surface area contributed by atoms with Crippen molar-refractivity contribution in [1.82, 2.24) is 0 Å². The van der Waals surface area contributed by atoms with Crippen molar-refractivity contribution in [3.63, 3.8) is 0 Å². The Balaban J connectivity index is 1.97. The predicted octanol–water partition coefficient (Wildman–Crippen LogP) is 3.14. The molecule has 1 aromatic rings. The summed E-state index contributed by atoms with van der Waals surface area (Å²) < 4.78 is 0. The molecule has 1 aliphatic rings. The second kappa shape index (κ2) is 5.65. The molecule has 1 saturated carbocycles. The van der Waals surface area contributed by atoms with E-state index in [4.69, 9.17) is 0 Å². The van der Waals surface area contributed by atoms with E-state index in [-0.39, 0.29) is 23.3 Å². The molecule has 5 nitrogen and oxygen atoms in total. The van der Waals surface area contributed by atoms with Crippen LogP contribution in [-0.2, 0) is 4.79 Å². The number of hydrogen-bond acceptors (Lipinski definition) is 4. The number of carbonyl (C=O) groups is 1. The molecular weight excluding hydrogens is 244 g/mol. The molecule has 19 heavy (non-hydrogen) atoms. The Morgan fingerprint density at radius 1 is 1.42 bits per heavy atom. The van der Waals surface area contributed by atoms with E-state index in [2.05, 4.69) is 5.32 Å². The lowest BCUT2D eigenvalue weighted by molar-refractivity contribution is -0.384. The third-order valence-electron chi connectivity index (χ3n) is 3.40. The van der Waals surface area contributed by atoms with Gasteiger partial charge in [0.25, 0.3) is 5.69 Å².